The molecule has 7 aromatic rings. The number of rotatable bonds is 7. The van der Waals surface area contributed by atoms with Gasteiger partial charge in [-0.3, -0.25) is 0 Å². The molecule has 0 bridgehead atoms. The Kier molecular flexibility index (Phi) is 10.2. The van der Waals surface area contributed by atoms with Crippen LogP contribution in [-0.4, -0.2) is 0 Å². The largest absolute Gasteiger partial charge is 0.310 e. The first-order valence-electron chi connectivity index (χ1n) is 19.7. The summed E-state index contributed by atoms with van der Waals surface area (Å²) in [5.41, 5.74) is 17.4. The van der Waals surface area contributed by atoms with Crippen LogP contribution in [0.1, 0.15) is 79.0 Å². The molecule has 1 nitrogen and oxygen atoms in total. The van der Waals surface area contributed by atoms with Gasteiger partial charge in [-0.05, 0) is 114 Å². The van der Waals surface area contributed by atoms with Crippen molar-refractivity contribution in [2.45, 2.75) is 78.6 Å². The molecule has 0 fully saturated rings. The zero-order valence-corrected chi connectivity index (χ0v) is 34.1. The lowest BCUT2D eigenvalue weighted by Crippen LogP contribution is -2.11. The Morgan fingerprint density at radius 1 is 0.273 bits per heavy atom. The molecule has 0 spiro atoms. The van der Waals surface area contributed by atoms with Gasteiger partial charge >= 0.3 is 0 Å². The molecule has 7 rings (SSSR count). The zero-order valence-electron chi connectivity index (χ0n) is 34.1. The maximum Gasteiger partial charge on any atom is 0.0468 e. The summed E-state index contributed by atoms with van der Waals surface area (Å²) < 4.78 is 0. The van der Waals surface area contributed by atoms with E-state index in [0.29, 0.717) is 0 Å². The van der Waals surface area contributed by atoms with Crippen LogP contribution in [0.4, 0.5) is 17.1 Å². The van der Waals surface area contributed by atoms with Gasteiger partial charge in [-0.2, -0.15) is 0 Å². The lowest BCUT2D eigenvalue weighted by molar-refractivity contribution is 0.590. The van der Waals surface area contributed by atoms with E-state index in [4.69, 9.17) is 0 Å². The molecule has 0 radical (unpaired) electrons. The molecular formula is C54H55N. The highest BCUT2D eigenvalue weighted by molar-refractivity contribution is 5.89. The summed E-state index contributed by atoms with van der Waals surface area (Å²) in [5, 5.41) is 0. The van der Waals surface area contributed by atoms with Crippen LogP contribution >= 0.6 is 0 Å². The molecule has 55 heavy (non-hydrogen) atoms. The Balaban J connectivity index is 1.32. The molecule has 1 heteroatoms. The lowest BCUT2D eigenvalue weighted by Gasteiger charge is -2.27. The van der Waals surface area contributed by atoms with Crippen molar-refractivity contribution in [1.29, 1.82) is 0 Å². The third-order valence-electron chi connectivity index (χ3n) is 10.8. The van der Waals surface area contributed by atoms with E-state index in [1.165, 1.54) is 61.2 Å². The maximum absolute atomic E-state index is 2.39. The normalized spacial score (nSPS) is 12.1. The minimum atomic E-state index is 0.0992. The van der Waals surface area contributed by atoms with Crippen LogP contribution in [0.2, 0.25) is 0 Å². The minimum absolute atomic E-state index is 0.0992. The molecule has 0 aliphatic carbocycles. The molecule has 0 atom stereocenters. The first-order valence-corrected chi connectivity index (χ1v) is 19.7. The third-order valence-corrected chi connectivity index (χ3v) is 10.8. The van der Waals surface area contributed by atoms with Gasteiger partial charge in [-0.15, -0.1) is 0 Å². The van der Waals surface area contributed by atoms with Crippen LogP contribution in [0.25, 0.3) is 44.5 Å². The van der Waals surface area contributed by atoms with E-state index in [-0.39, 0.29) is 16.2 Å². The van der Waals surface area contributed by atoms with Crippen molar-refractivity contribution in [3.63, 3.8) is 0 Å². The van der Waals surface area contributed by atoms with Crippen molar-refractivity contribution in [1.82, 2.24) is 0 Å². The second-order valence-corrected chi connectivity index (χ2v) is 18.0. The van der Waals surface area contributed by atoms with Gasteiger partial charge in [0.1, 0.15) is 0 Å². The van der Waals surface area contributed by atoms with Crippen LogP contribution in [0.5, 0.6) is 0 Å². The van der Waals surface area contributed by atoms with Gasteiger partial charge in [0, 0.05) is 17.1 Å². The Morgan fingerprint density at radius 2 is 0.582 bits per heavy atom. The second kappa shape index (κ2) is 14.9. The minimum Gasteiger partial charge on any atom is -0.310 e. The topological polar surface area (TPSA) is 3.24 Å². The van der Waals surface area contributed by atoms with Gasteiger partial charge in [0.05, 0.1) is 0 Å². The summed E-state index contributed by atoms with van der Waals surface area (Å²) in [5.74, 6) is 0. The van der Waals surface area contributed by atoms with E-state index in [1.807, 2.05) is 0 Å². The smallest absolute Gasteiger partial charge is 0.0468 e. The van der Waals surface area contributed by atoms with Crippen molar-refractivity contribution < 1.29 is 0 Å². The molecule has 0 amide bonds. The molecule has 0 aromatic heterocycles. The summed E-state index contributed by atoms with van der Waals surface area (Å²) in [6.07, 6.45) is 0. The first-order chi connectivity index (χ1) is 26.1. The van der Waals surface area contributed by atoms with Gasteiger partial charge in [0.15, 0.2) is 0 Å². The summed E-state index contributed by atoms with van der Waals surface area (Å²) in [6.45, 7) is 20.4. The van der Waals surface area contributed by atoms with Crippen LogP contribution in [0.3, 0.4) is 0 Å². The first kappa shape index (κ1) is 37.6. The van der Waals surface area contributed by atoms with Crippen molar-refractivity contribution in [3.05, 3.63) is 187 Å². The molecule has 0 aliphatic rings. The second-order valence-electron chi connectivity index (χ2n) is 18.0. The Bertz CT molecular complexity index is 2240. The van der Waals surface area contributed by atoms with Crippen LogP contribution in [0.15, 0.2) is 170 Å². The highest BCUT2D eigenvalue weighted by atomic mass is 15.1. The maximum atomic E-state index is 2.39. The van der Waals surface area contributed by atoms with Crippen LogP contribution in [0, 0.1) is 0 Å². The van der Waals surface area contributed by atoms with Crippen LogP contribution in [-0.2, 0) is 16.2 Å². The summed E-state index contributed by atoms with van der Waals surface area (Å²) >= 11 is 0. The van der Waals surface area contributed by atoms with E-state index in [9.17, 15) is 0 Å². The fourth-order valence-electron chi connectivity index (χ4n) is 7.31. The molecule has 0 aliphatic heterocycles. The lowest BCUT2D eigenvalue weighted by atomic mass is 9.85. The molecule has 7 aromatic carbocycles. The number of nitrogens with zero attached hydrogens (tertiary/aromatic N) is 1. The number of benzene rings is 7. The quantitative estimate of drug-likeness (QED) is 0.159. The summed E-state index contributed by atoms with van der Waals surface area (Å²) in [4.78, 5) is 2.39. The number of hydrogen-bond acceptors (Lipinski definition) is 1. The van der Waals surface area contributed by atoms with E-state index in [1.54, 1.807) is 0 Å². The zero-order chi connectivity index (χ0) is 39.0. The molecule has 0 saturated heterocycles. The fourth-order valence-corrected chi connectivity index (χ4v) is 7.31. The van der Waals surface area contributed by atoms with Gasteiger partial charge in [0.25, 0.3) is 0 Å². The van der Waals surface area contributed by atoms with Crippen molar-refractivity contribution in [2.75, 3.05) is 4.90 Å². The SMILES string of the molecule is CC(C)(C)c1ccc(-c2ccc(N(c3ccc(-c4ccc(C(C)(C)C)cc4)cc3)c3ccc(-c4ccc(C(C)(C)C)cc4)c(-c4ccccc4)c3)cc2)cc1. The Labute approximate surface area is 330 Å². The highest BCUT2D eigenvalue weighted by Crippen LogP contribution is 2.42. The van der Waals surface area contributed by atoms with Gasteiger partial charge < -0.3 is 4.90 Å². The van der Waals surface area contributed by atoms with E-state index >= 15 is 0 Å². The molecule has 0 saturated carbocycles. The molecule has 0 heterocycles. The van der Waals surface area contributed by atoms with Gasteiger partial charge in [0.2, 0.25) is 0 Å². The van der Waals surface area contributed by atoms with E-state index in [2.05, 4.69) is 237 Å². The Morgan fingerprint density at radius 3 is 0.945 bits per heavy atom. The predicted octanol–water partition coefficient (Wildman–Crippen LogP) is 15.7. The monoisotopic (exact) mass is 717 g/mol. The average molecular weight is 718 g/mol. The average Bonchev–Trinajstić information content (AvgIpc) is 3.18. The molecule has 0 unspecified atom stereocenters. The predicted molar refractivity (Wildman–Crippen MR) is 239 cm³/mol. The van der Waals surface area contributed by atoms with E-state index < -0.39 is 0 Å². The highest BCUT2D eigenvalue weighted by Gasteiger charge is 2.19. The van der Waals surface area contributed by atoms with E-state index in [0.717, 1.165) is 17.1 Å². The van der Waals surface area contributed by atoms with Crippen molar-refractivity contribution in [2.24, 2.45) is 0 Å². The van der Waals surface area contributed by atoms with Crippen LogP contribution < -0.4 is 4.90 Å². The fraction of sp³-hybridized carbons (Fsp3) is 0.222. The van der Waals surface area contributed by atoms with Gasteiger partial charge in [-0.25, -0.2) is 0 Å². The van der Waals surface area contributed by atoms with Gasteiger partial charge in [-0.1, -0.05) is 196 Å². The molecular weight excluding hydrogens is 663 g/mol. The summed E-state index contributed by atoms with van der Waals surface area (Å²) in [6, 6.07) is 62.9. The standard InChI is InChI=1S/C54H55N/c1-52(2,3)44-25-15-38(16-26-44)40-21-31-47(32-22-40)55(48-33-23-41(24-34-48)39-17-27-45(28-18-39)53(4,5)6)49-35-36-50(51(37-49)42-13-11-10-12-14-42)43-19-29-46(30-20-43)54(7,8)9/h10-37H,1-9H3. The van der Waals surface area contributed by atoms with Crippen molar-refractivity contribution >= 4 is 17.1 Å². The molecule has 0 N–H and O–H groups in total. The van der Waals surface area contributed by atoms with Crippen molar-refractivity contribution in [3.8, 4) is 44.5 Å². The number of anilines is 3. The molecule has 276 valence electrons. The third kappa shape index (κ3) is 8.37. The Hall–Kier alpha value is -5.66. The summed E-state index contributed by atoms with van der Waals surface area (Å²) in [7, 11) is 0. The number of hydrogen-bond donors (Lipinski definition) is 0.